The van der Waals surface area contributed by atoms with Crippen LogP contribution >= 0.6 is 11.6 Å². The number of nitrogens with zero attached hydrogens (tertiary/aromatic N) is 3. The Morgan fingerprint density at radius 2 is 2.14 bits per heavy atom. The second-order valence-corrected chi connectivity index (χ2v) is 5.77. The van der Waals surface area contributed by atoms with E-state index in [-0.39, 0.29) is 0 Å². The highest BCUT2D eigenvalue weighted by atomic mass is 35.5. The summed E-state index contributed by atoms with van der Waals surface area (Å²) in [6.07, 6.45) is 2.50. The molecule has 3 aromatic rings. The van der Waals surface area contributed by atoms with Gasteiger partial charge in [-0.05, 0) is 18.1 Å². The van der Waals surface area contributed by atoms with Crippen molar-refractivity contribution in [1.82, 2.24) is 15.0 Å². The highest BCUT2D eigenvalue weighted by Crippen LogP contribution is 2.34. The average molecular weight is 314 g/mol. The van der Waals surface area contributed by atoms with Crippen molar-refractivity contribution in [2.45, 2.75) is 13.0 Å². The van der Waals surface area contributed by atoms with Gasteiger partial charge in [-0.15, -0.1) is 0 Å². The number of hydrogen-bond donors (Lipinski definition) is 2. The maximum absolute atomic E-state index is 6.17. The van der Waals surface area contributed by atoms with E-state index in [1.165, 1.54) is 28.5 Å². The smallest absolute Gasteiger partial charge is 0.157 e. The Hall–Kier alpha value is -2.27. The lowest BCUT2D eigenvalue weighted by Crippen LogP contribution is -2.31. The molecule has 0 spiro atoms. The normalized spacial score (nSPS) is 14.2. The molecular formula is C16H16ClN5. The molecule has 0 amide bonds. The van der Waals surface area contributed by atoms with Gasteiger partial charge in [0.2, 0.25) is 0 Å². The van der Waals surface area contributed by atoms with Crippen LogP contribution in [0.25, 0.3) is 10.9 Å². The van der Waals surface area contributed by atoms with Crippen molar-refractivity contribution >= 4 is 34.0 Å². The standard InChI is InChI=1S/C16H16ClN5/c1-18-14-15(17)19-9-20-16(14)22-7-6-11-10-4-2-3-5-12(10)21-13(11)8-22/h2-5,9,18,21H,6-8H2,1H3. The molecule has 1 aliphatic rings. The molecule has 1 aliphatic heterocycles. The monoisotopic (exact) mass is 313 g/mol. The Kier molecular flexibility index (Phi) is 3.15. The quantitative estimate of drug-likeness (QED) is 0.713. The van der Waals surface area contributed by atoms with Gasteiger partial charge in [-0.2, -0.15) is 0 Å². The second-order valence-electron chi connectivity index (χ2n) is 5.41. The van der Waals surface area contributed by atoms with Crippen LogP contribution in [0.5, 0.6) is 0 Å². The van der Waals surface area contributed by atoms with Crippen LogP contribution in [0.15, 0.2) is 30.6 Å². The highest BCUT2D eigenvalue weighted by molar-refractivity contribution is 6.32. The number of nitrogens with one attached hydrogen (secondary N) is 2. The Labute approximate surface area is 133 Å². The largest absolute Gasteiger partial charge is 0.383 e. The summed E-state index contributed by atoms with van der Waals surface area (Å²) in [6, 6.07) is 8.46. The molecule has 0 aliphatic carbocycles. The van der Waals surface area contributed by atoms with Gasteiger partial charge in [0.25, 0.3) is 0 Å². The second kappa shape index (κ2) is 5.18. The summed E-state index contributed by atoms with van der Waals surface area (Å²) >= 11 is 6.17. The zero-order valence-electron chi connectivity index (χ0n) is 12.2. The first-order valence-corrected chi connectivity index (χ1v) is 7.67. The maximum atomic E-state index is 6.17. The van der Waals surface area contributed by atoms with Crippen molar-refractivity contribution in [2.24, 2.45) is 0 Å². The Balaban J connectivity index is 1.75. The molecule has 0 saturated heterocycles. The molecule has 112 valence electrons. The molecule has 5 nitrogen and oxygen atoms in total. The van der Waals surface area contributed by atoms with Gasteiger partial charge in [-0.1, -0.05) is 29.8 Å². The van der Waals surface area contributed by atoms with Gasteiger partial charge in [0.1, 0.15) is 12.0 Å². The van der Waals surface area contributed by atoms with Crippen LogP contribution in [-0.4, -0.2) is 28.5 Å². The van der Waals surface area contributed by atoms with Crippen LogP contribution in [0, 0.1) is 0 Å². The van der Waals surface area contributed by atoms with Crippen LogP contribution in [-0.2, 0) is 13.0 Å². The molecule has 0 atom stereocenters. The molecule has 22 heavy (non-hydrogen) atoms. The van der Waals surface area contributed by atoms with Crippen molar-refractivity contribution in [2.75, 3.05) is 23.8 Å². The van der Waals surface area contributed by atoms with E-state index >= 15 is 0 Å². The van der Waals surface area contributed by atoms with Gasteiger partial charge in [-0.3, -0.25) is 0 Å². The number of H-pyrrole nitrogens is 1. The lowest BCUT2D eigenvalue weighted by Gasteiger charge is -2.29. The molecule has 6 heteroatoms. The van der Waals surface area contributed by atoms with Crippen LogP contribution < -0.4 is 10.2 Å². The minimum absolute atomic E-state index is 0.454. The molecular weight excluding hydrogens is 298 g/mol. The summed E-state index contributed by atoms with van der Waals surface area (Å²) in [6.45, 7) is 1.71. The van der Waals surface area contributed by atoms with Gasteiger partial charge in [0.15, 0.2) is 11.0 Å². The molecule has 0 saturated carbocycles. The molecule has 0 fully saturated rings. The molecule has 2 aromatic heterocycles. The number of para-hydroxylation sites is 1. The number of aromatic nitrogens is 3. The minimum atomic E-state index is 0.454. The third-order valence-electron chi connectivity index (χ3n) is 4.21. The predicted octanol–water partition coefficient (Wildman–Crippen LogP) is 3.22. The van der Waals surface area contributed by atoms with Crippen molar-refractivity contribution in [3.63, 3.8) is 0 Å². The lowest BCUT2D eigenvalue weighted by atomic mass is 10.0. The number of halogens is 1. The SMILES string of the molecule is CNc1c(Cl)ncnc1N1CCc2c([nH]c3ccccc23)C1. The summed E-state index contributed by atoms with van der Waals surface area (Å²) in [5.74, 6) is 0.854. The number of fused-ring (bicyclic) bond motifs is 3. The summed E-state index contributed by atoms with van der Waals surface area (Å²) in [4.78, 5) is 14.2. The average Bonchev–Trinajstić information content (AvgIpc) is 2.92. The van der Waals surface area contributed by atoms with Crippen molar-refractivity contribution in [3.05, 3.63) is 47.0 Å². The molecule has 4 rings (SSSR count). The summed E-state index contributed by atoms with van der Waals surface area (Å²) < 4.78 is 0. The van der Waals surface area contributed by atoms with E-state index < -0.39 is 0 Å². The lowest BCUT2D eigenvalue weighted by molar-refractivity contribution is 0.713. The van der Waals surface area contributed by atoms with Crippen molar-refractivity contribution in [1.29, 1.82) is 0 Å². The fourth-order valence-corrected chi connectivity index (χ4v) is 3.41. The first-order chi connectivity index (χ1) is 10.8. The zero-order chi connectivity index (χ0) is 15.1. The first kappa shape index (κ1) is 13.4. The Morgan fingerprint density at radius 1 is 1.27 bits per heavy atom. The Bertz CT molecular complexity index is 842. The summed E-state index contributed by atoms with van der Waals surface area (Å²) in [5.41, 5.74) is 4.65. The van der Waals surface area contributed by atoms with Crippen molar-refractivity contribution in [3.8, 4) is 0 Å². The van der Waals surface area contributed by atoms with E-state index in [9.17, 15) is 0 Å². The number of benzene rings is 1. The third-order valence-corrected chi connectivity index (χ3v) is 4.50. The maximum Gasteiger partial charge on any atom is 0.157 e. The van der Waals surface area contributed by atoms with E-state index in [0.29, 0.717) is 5.15 Å². The summed E-state index contributed by atoms with van der Waals surface area (Å²) in [7, 11) is 1.84. The molecule has 0 bridgehead atoms. The van der Waals surface area contributed by atoms with Gasteiger partial charge >= 0.3 is 0 Å². The van der Waals surface area contributed by atoms with Gasteiger partial charge in [-0.25, -0.2) is 9.97 Å². The van der Waals surface area contributed by atoms with E-state index in [1.807, 2.05) is 7.05 Å². The first-order valence-electron chi connectivity index (χ1n) is 7.29. The van der Waals surface area contributed by atoms with Crippen LogP contribution in [0.1, 0.15) is 11.3 Å². The van der Waals surface area contributed by atoms with E-state index in [1.54, 1.807) is 0 Å². The zero-order valence-corrected chi connectivity index (χ0v) is 13.0. The van der Waals surface area contributed by atoms with Gasteiger partial charge in [0, 0.05) is 30.2 Å². The van der Waals surface area contributed by atoms with Gasteiger partial charge < -0.3 is 15.2 Å². The van der Waals surface area contributed by atoms with E-state index in [4.69, 9.17) is 11.6 Å². The van der Waals surface area contributed by atoms with Crippen LogP contribution in [0.3, 0.4) is 0 Å². The van der Waals surface area contributed by atoms with Crippen LogP contribution in [0.2, 0.25) is 5.15 Å². The van der Waals surface area contributed by atoms with Crippen LogP contribution in [0.4, 0.5) is 11.5 Å². The number of anilines is 2. The number of hydrogen-bond acceptors (Lipinski definition) is 4. The third kappa shape index (κ3) is 2.01. The molecule has 1 aromatic carbocycles. The van der Waals surface area contributed by atoms with Crippen molar-refractivity contribution < 1.29 is 0 Å². The molecule has 0 radical (unpaired) electrons. The topological polar surface area (TPSA) is 56.8 Å². The summed E-state index contributed by atoms with van der Waals surface area (Å²) in [5, 5.41) is 4.88. The molecule has 3 heterocycles. The number of rotatable bonds is 2. The van der Waals surface area contributed by atoms with Gasteiger partial charge in [0.05, 0.1) is 6.54 Å². The predicted molar refractivity (Wildman–Crippen MR) is 89.6 cm³/mol. The molecule has 0 unspecified atom stereocenters. The Morgan fingerprint density at radius 3 is 3.00 bits per heavy atom. The number of aromatic amines is 1. The minimum Gasteiger partial charge on any atom is -0.383 e. The van der Waals surface area contributed by atoms with E-state index in [0.717, 1.165) is 31.0 Å². The van der Waals surface area contributed by atoms with E-state index in [2.05, 4.69) is 49.4 Å². The fourth-order valence-electron chi connectivity index (χ4n) is 3.18. The highest BCUT2D eigenvalue weighted by Gasteiger charge is 2.23. The molecule has 2 N–H and O–H groups in total. The fraction of sp³-hybridized carbons (Fsp3) is 0.250.